The van der Waals surface area contributed by atoms with Crippen molar-refractivity contribution in [2.24, 2.45) is 23.7 Å². The minimum Gasteiger partial charge on any atom is -0.292 e. The topological polar surface area (TPSA) is 30.7 Å². The van der Waals surface area contributed by atoms with Gasteiger partial charge in [-0.05, 0) is 142 Å². The standard InChI is InChI=1S/C52H39N3/c1-2-10-34-28-37(18-17-33(34)9-1)50-51(54-47-15-7-6-14-46(47)53-50)55-48-16-8-4-12-41(48)43-30-36(20-22-49(43)55)35-19-21-45-42(29-35)40-11-3-5-13-44(40)52(45)38-24-31-23-32(26-38)27-39(52)25-31/h1-22,28-32,38-39H,23-27H2. The van der Waals surface area contributed by atoms with Gasteiger partial charge in [-0.15, -0.1) is 0 Å². The van der Waals surface area contributed by atoms with Crippen LogP contribution in [-0.2, 0) is 5.41 Å². The fourth-order valence-corrected chi connectivity index (χ4v) is 12.4. The molecule has 0 aliphatic heterocycles. The maximum atomic E-state index is 5.39. The summed E-state index contributed by atoms with van der Waals surface area (Å²) in [5, 5.41) is 4.86. The van der Waals surface area contributed by atoms with Crippen LogP contribution in [0.15, 0.2) is 152 Å². The van der Waals surface area contributed by atoms with Crippen LogP contribution in [0.4, 0.5) is 0 Å². The second kappa shape index (κ2) is 11.0. The van der Waals surface area contributed by atoms with Crippen LogP contribution < -0.4 is 0 Å². The fourth-order valence-electron chi connectivity index (χ4n) is 12.4. The molecule has 2 heterocycles. The van der Waals surface area contributed by atoms with Gasteiger partial charge in [-0.1, -0.05) is 109 Å². The summed E-state index contributed by atoms with van der Waals surface area (Å²) >= 11 is 0. The highest BCUT2D eigenvalue weighted by Gasteiger charge is 2.61. The Morgan fingerprint density at radius 2 is 1.09 bits per heavy atom. The summed E-state index contributed by atoms with van der Waals surface area (Å²) in [5.74, 6) is 4.29. The fraction of sp³-hybridized carbons (Fsp3) is 0.192. The van der Waals surface area contributed by atoms with Crippen molar-refractivity contribution in [2.75, 3.05) is 0 Å². The van der Waals surface area contributed by atoms with Gasteiger partial charge >= 0.3 is 0 Å². The van der Waals surface area contributed by atoms with Gasteiger partial charge in [0.05, 0.1) is 22.1 Å². The Balaban J connectivity index is 0.999. The van der Waals surface area contributed by atoms with E-state index < -0.39 is 0 Å². The highest BCUT2D eigenvalue weighted by Crippen LogP contribution is 2.69. The molecule has 7 aromatic carbocycles. The molecule has 3 nitrogen and oxygen atoms in total. The smallest absolute Gasteiger partial charge is 0.165 e. The third-order valence-electron chi connectivity index (χ3n) is 14.3. The van der Waals surface area contributed by atoms with E-state index in [9.17, 15) is 0 Å². The Bertz CT molecular complexity index is 3050. The first-order chi connectivity index (χ1) is 27.2. The Kier molecular flexibility index (Phi) is 6.06. The largest absolute Gasteiger partial charge is 0.292 e. The lowest BCUT2D eigenvalue weighted by Crippen LogP contribution is -2.55. The van der Waals surface area contributed by atoms with Crippen molar-refractivity contribution in [1.82, 2.24) is 14.5 Å². The third-order valence-corrected chi connectivity index (χ3v) is 14.3. The molecule has 4 fully saturated rings. The van der Waals surface area contributed by atoms with Crippen molar-refractivity contribution in [2.45, 2.75) is 37.5 Å². The minimum absolute atomic E-state index is 0.193. The van der Waals surface area contributed by atoms with Crippen LogP contribution in [-0.4, -0.2) is 14.5 Å². The molecular formula is C52H39N3. The van der Waals surface area contributed by atoms with E-state index in [0.29, 0.717) is 0 Å². The van der Waals surface area contributed by atoms with Crippen LogP contribution in [0.5, 0.6) is 0 Å². The van der Waals surface area contributed by atoms with E-state index in [2.05, 4.69) is 150 Å². The van der Waals surface area contributed by atoms with Crippen LogP contribution in [0.25, 0.3) is 82.9 Å². The molecule has 55 heavy (non-hydrogen) atoms. The predicted molar refractivity (Wildman–Crippen MR) is 226 cm³/mol. The van der Waals surface area contributed by atoms with Gasteiger partial charge < -0.3 is 0 Å². The van der Waals surface area contributed by atoms with Crippen molar-refractivity contribution >= 4 is 43.6 Å². The molecule has 4 bridgehead atoms. The molecule has 262 valence electrons. The molecule has 0 amide bonds. The van der Waals surface area contributed by atoms with Crippen LogP contribution in [0.3, 0.4) is 0 Å². The molecule has 14 rings (SSSR count). The van der Waals surface area contributed by atoms with E-state index in [0.717, 1.165) is 62.8 Å². The Morgan fingerprint density at radius 1 is 0.455 bits per heavy atom. The van der Waals surface area contributed by atoms with Gasteiger partial charge in [-0.3, -0.25) is 4.57 Å². The van der Waals surface area contributed by atoms with Gasteiger partial charge in [0.1, 0.15) is 5.69 Å². The molecule has 5 aliphatic rings. The van der Waals surface area contributed by atoms with E-state index in [1.54, 1.807) is 11.1 Å². The number of hydrogen-bond donors (Lipinski definition) is 0. The highest BCUT2D eigenvalue weighted by molar-refractivity contribution is 6.11. The van der Waals surface area contributed by atoms with Crippen LogP contribution in [0.2, 0.25) is 0 Å². The Labute approximate surface area is 320 Å². The number of fused-ring (bicyclic) bond motifs is 8. The van der Waals surface area contributed by atoms with Crippen molar-refractivity contribution in [1.29, 1.82) is 0 Å². The third kappa shape index (κ3) is 4.11. The molecule has 0 radical (unpaired) electrons. The molecule has 1 spiro atoms. The van der Waals surface area contributed by atoms with E-state index >= 15 is 0 Å². The zero-order valence-corrected chi connectivity index (χ0v) is 30.6. The van der Waals surface area contributed by atoms with E-state index in [1.807, 2.05) is 6.07 Å². The molecular weight excluding hydrogens is 667 g/mol. The maximum Gasteiger partial charge on any atom is 0.165 e. The summed E-state index contributed by atoms with van der Waals surface area (Å²) in [5.41, 5.74) is 14.9. The van der Waals surface area contributed by atoms with E-state index in [-0.39, 0.29) is 5.41 Å². The predicted octanol–water partition coefficient (Wildman–Crippen LogP) is 12.9. The molecule has 0 saturated heterocycles. The second-order valence-electron chi connectivity index (χ2n) is 17.0. The number of nitrogens with zero attached hydrogens (tertiary/aromatic N) is 3. The molecule has 4 saturated carbocycles. The van der Waals surface area contributed by atoms with Crippen molar-refractivity contribution in [3.05, 3.63) is 163 Å². The van der Waals surface area contributed by atoms with Gasteiger partial charge in [0, 0.05) is 21.8 Å². The number of para-hydroxylation sites is 3. The quantitative estimate of drug-likeness (QED) is 0.183. The molecule has 2 aromatic heterocycles. The molecule has 0 atom stereocenters. The zero-order chi connectivity index (χ0) is 35.8. The minimum atomic E-state index is 0.193. The lowest BCUT2D eigenvalue weighted by atomic mass is 9.43. The van der Waals surface area contributed by atoms with Gasteiger partial charge in [0.15, 0.2) is 5.82 Å². The SMILES string of the molecule is c1ccc2c(c1)-c1cc(-c3ccc4c(c3)c3ccccc3n4-c3nc4ccccc4nc3-c3ccc4ccccc4c3)ccc1C21C2CC3CC(C2)CC1C3. The molecule has 5 aliphatic carbocycles. The van der Waals surface area contributed by atoms with E-state index in [1.165, 1.54) is 75.9 Å². The van der Waals surface area contributed by atoms with Crippen molar-refractivity contribution in [3.8, 4) is 39.3 Å². The molecule has 3 heteroatoms. The number of rotatable bonds is 3. The van der Waals surface area contributed by atoms with Gasteiger partial charge in [0.2, 0.25) is 0 Å². The summed E-state index contributed by atoms with van der Waals surface area (Å²) in [6, 6.07) is 56.2. The monoisotopic (exact) mass is 705 g/mol. The summed E-state index contributed by atoms with van der Waals surface area (Å²) in [6.07, 6.45) is 7.12. The number of hydrogen-bond acceptors (Lipinski definition) is 2. The van der Waals surface area contributed by atoms with Crippen LogP contribution in [0, 0.1) is 23.7 Å². The normalized spacial score (nSPS) is 23.3. The lowest BCUT2D eigenvalue weighted by molar-refractivity contribution is -0.0399. The van der Waals surface area contributed by atoms with E-state index in [4.69, 9.17) is 9.97 Å². The van der Waals surface area contributed by atoms with Crippen LogP contribution in [0.1, 0.15) is 43.2 Å². The van der Waals surface area contributed by atoms with Crippen LogP contribution >= 0.6 is 0 Å². The molecule has 9 aromatic rings. The Hall–Kier alpha value is -6.06. The first-order valence-electron chi connectivity index (χ1n) is 20.2. The molecule has 0 unspecified atom stereocenters. The first-order valence-corrected chi connectivity index (χ1v) is 20.2. The van der Waals surface area contributed by atoms with Crippen molar-refractivity contribution in [3.63, 3.8) is 0 Å². The Morgan fingerprint density at radius 3 is 1.95 bits per heavy atom. The van der Waals surface area contributed by atoms with Gasteiger partial charge in [-0.2, -0.15) is 0 Å². The van der Waals surface area contributed by atoms with Gasteiger partial charge in [0.25, 0.3) is 0 Å². The number of aromatic nitrogens is 3. The number of benzene rings is 7. The molecule has 0 N–H and O–H groups in total. The lowest BCUT2D eigenvalue weighted by Gasteiger charge is -2.61. The maximum absolute atomic E-state index is 5.39. The summed E-state index contributed by atoms with van der Waals surface area (Å²) in [6.45, 7) is 0. The highest BCUT2D eigenvalue weighted by atomic mass is 15.1. The zero-order valence-electron chi connectivity index (χ0n) is 30.6. The average Bonchev–Trinajstić information content (AvgIpc) is 3.72. The summed E-state index contributed by atoms with van der Waals surface area (Å²) in [4.78, 5) is 10.7. The first kappa shape index (κ1) is 30.3. The average molecular weight is 706 g/mol. The summed E-state index contributed by atoms with van der Waals surface area (Å²) in [7, 11) is 0. The summed E-state index contributed by atoms with van der Waals surface area (Å²) < 4.78 is 2.34. The second-order valence-corrected chi connectivity index (χ2v) is 17.0. The van der Waals surface area contributed by atoms with Gasteiger partial charge in [-0.25, -0.2) is 9.97 Å². The van der Waals surface area contributed by atoms with Crippen molar-refractivity contribution < 1.29 is 0 Å².